The number of para-hydroxylation sites is 1. The van der Waals surface area contributed by atoms with Gasteiger partial charge in [-0.3, -0.25) is 0 Å². The van der Waals surface area contributed by atoms with Gasteiger partial charge in [0.2, 0.25) is 12.3 Å². The van der Waals surface area contributed by atoms with E-state index in [1.54, 1.807) is 0 Å². The predicted octanol–water partition coefficient (Wildman–Crippen LogP) is 1.97. The Morgan fingerprint density at radius 2 is 2.20 bits per heavy atom. The number of nitrogens with one attached hydrogen (secondary N) is 1. The molecule has 0 fully saturated rings. The summed E-state index contributed by atoms with van der Waals surface area (Å²) >= 11 is 0. The minimum Gasteiger partial charge on any atom is -0.318 e. The normalized spacial score (nSPS) is 13.2. The molecule has 1 aromatic rings. The van der Waals surface area contributed by atoms with E-state index in [-0.39, 0.29) is 0 Å². The lowest BCUT2D eigenvalue weighted by Gasteiger charge is -2.03. The van der Waals surface area contributed by atoms with E-state index >= 15 is 0 Å². The summed E-state index contributed by atoms with van der Waals surface area (Å²) in [6.07, 6.45) is 5.90. The summed E-state index contributed by atoms with van der Waals surface area (Å²) < 4.78 is 0. The van der Waals surface area contributed by atoms with Crippen LogP contribution in [-0.2, 0) is 6.42 Å². The van der Waals surface area contributed by atoms with E-state index < -0.39 is 0 Å². The molecule has 0 aliphatic carbocycles. The van der Waals surface area contributed by atoms with Crippen LogP contribution in [0.4, 0.5) is 5.69 Å². The third kappa shape index (κ3) is 0.772. The van der Waals surface area contributed by atoms with Crippen LogP contribution >= 0.6 is 0 Å². The lowest BCUT2D eigenvalue weighted by Crippen LogP contribution is -1.98. The average Bonchev–Trinajstić information content (AvgIpc) is 2.05. The second-order valence-corrected chi connectivity index (χ2v) is 2.33. The third-order valence-electron chi connectivity index (χ3n) is 1.64. The fourth-order valence-electron chi connectivity index (χ4n) is 1.11. The summed E-state index contributed by atoms with van der Waals surface area (Å²) in [4.78, 5) is 0. The number of benzene rings is 1. The van der Waals surface area contributed by atoms with Crippen molar-refractivity contribution in [2.24, 2.45) is 0 Å². The zero-order chi connectivity index (χ0) is 6.81. The van der Waals surface area contributed by atoms with Crippen LogP contribution in [0.25, 0.3) is 0 Å². The van der Waals surface area contributed by atoms with Crippen LogP contribution in [0.5, 0.6) is 0 Å². The molecule has 0 saturated heterocycles. The maximum absolute atomic E-state index is 3.13. The molecule has 1 heterocycles. The molecule has 0 spiro atoms. The quantitative estimate of drug-likeness (QED) is 0.529. The Labute approximate surface area is 60.4 Å². The summed E-state index contributed by atoms with van der Waals surface area (Å²) in [7, 11) is 0. The zero-order valence-corrected chi connectivity index (χ0v) is 5.59. The summed E-state index contributed by atoms with van der Waals surface area (Å²) in [5.41, 5.74) is 2.53. The highest BCUT2D eigenvalue weighted by atomic mass is 14.8. The van der Waals surface area contributed by atoms with Crippen molar-refractivity contribution in [3.8, 4) is 0 Å². The van der Waals surface area contributed by atoms with Crippen molar-refractivity contribution in [2.75, 3.05) is 5.32 Å². The molecule has 0 bridgehead atoms. The van der Waals surface area contributed by atoms with E-state index in [9.17, 15) is 0 Å². The van der Waals surface area contributed by atoms with E-state index in [2.05, 4.69) is 23.5 Å². The number of rotatable bonds is 0. The number of hydrogen-bond donors (Lipinski definition) is 1. The van der Waals surface area contributed by atoms with Crippen molar-refractivity contribution in [3.05, 3.63) is 42.1 Å². The van der Waals surface area contributed by atoms with Crippen LogP contribution in [-0.4, -0.2) is 0 Å². The molecular formula is C9H8N+. The van der Waals surface area contributed by atoms with Crippen molar-refractivity contribution in [1.82, 2.24) is 0 Å². The second kappa shape index (κ2) is 2.13. The second-order valence-electron chi connectivity index (χ2n) is 2.33. The molecule has 48 valence electrons. The van der Waals surface area contributed by atoms with Gasteiger partial charge in [0.1, 0.15) is 0 Å². The molecule has 0 amide bonds. The first-order chi connectivity index (χ1) is 4.97. The fraction of sp³-hybridized carbons (Fsp3) is 0.111. The summed E-state index contributed by atoms with van der Waals surface area (Å²) in [6.45, 7) is 0. The van der Waals surface area contributed by atoms with Gasteiger partial charge in [-0.2, -0.15) is 0 Å². The first kappa shape index (κ1) is 5.45. The van der Waals surface area contributed by atoms with Gasteiger partial charge >= 0.3 is 0 Å². The maximum atomic E-state index is 3.13. The van der Waals surface area contributed by atoms with Gasteiger partial charge in [-0.1, -0.05) is 18.2 Å². The van der Waals surface area contributed by atoms with Gasteiger partial charge in [0.25, 0.3) is 0 Å². The lowest BCUT2D eigenvalue weighted by molar-refractivity contribution is 1.19. The van der Waals surface area contributed by atoms with Gasteiger partial charge in [0.15, 0.2) is 6.42 Å². The molecule has 2 rings (SSSR count). The van der Waals surface area contributed by atoms with Gasteiger partial charge < -0.3 is 5.32 Å². The summed E-state index contributed by atoms with van der Waals surface area (Å²) in [5.74, 6) is 0. The molecule has 1 aromatic carbocycles. The molecule has 1 aliphatic heterocycles. The molecule has 1 nitrogen and oxygen atoms in total. The van der Waals surface area contributed by atoms with Crippen molar-refractivity contribution in [1.29, 1.82) is 0 Å². The maximum Gasteiger partial charge on any atom is 0.247 e. The highest BCUT2D eigenvalue weighted by molar-refractivity contribution is 5.54. The van der Waals surface area contributed by atoms with Gasteiger partial charge in [-0.05, 0) is 6.07 Å². The van der Waals surface area contributed by atoms with E-state index in [1.807, 2.05) is 18.3 Å². The van der Waals surface area contributed by atoms with Gasteiger partial charge in [0.05, 0.1) is 0 Å². The van der Waals surface area contributed by atoms with Crippen molar-refractivity contribution in [2.45, 2.75) is 6.42 Å². The van der Waals surface area contributed by atoms with Crippen molar-refractivity contribution in [3.63, 3.8) is 0 Å². The first-order valence-corrected chi connectivity index (χ1v) is 3.36. The molecule has 0 unspecified atom stereocenters. The minimum absolute atomic E-state index is 0.934. The van der Waals surface area contributed by atoms with E-state index in [0.29, 0.717) is 0 Å². The molecule has 1 N–H and O–H groups in total. The third-order valence-corrected chi connectivity index (χ3v) is 1.64. The Hall–Kier alpha value is -1.33. The highest BCUT2D eigenvalue weighted by Crippen LogP contribution is 2.18. The average molecular weight is 130 g/mol. The highest BCUT2D eigenvalue weighted by Gasteiger charge is 2.09. The number of allylic oxidation sites excluding steroid dienone is 1. The Morgan fingerprint density at radius 3 is 3.10 bits per heavy atom. The standard InChI is InChI=1S/C9H8N/c1-2-6-9-8(4-1)5-3-7-10-9/h1-2,4,6-7,10H,5H2/q+1. The Morgan fingerprint density at radius 1 is 1.30 bits per heavy atom. The van der Waals surface area contributed by atoms with Crippen molar-refractivity contribution < 1.29 is 0 Å². The van der Waals surface area contributed by atoms with Crippen LogP contribution < -0.4 is 5.32 Å². The van der Waals surface area contributed by atoms with E-state index in [0.717, 1.165) is 6.42 Å². The SMILES string of the molecule is [C+]1=CNc2ccccc2C1. The smallest absolute Gasteiger partial charge is 0.247 e. The first-order valence-electron chi connectivity index (χ1n) is 3.36. The van der Waals surface area contributed by atoms with Gasteiger partial charge in [-0.15, -0.1) is 0 Å². The molecular weight excluding hydrogens is 122 g/mol. The van der Waals surface area contributed by atoms with Crippen LogP contribution in [0.3, 0.4) is 0 Å². The molecule has 1 aliphatic rings. The number of fused-ring (bicyclic) bond motifs is 1. The predicted molar refractivity (Wildman–Crippen MR) is 41.6 cm³/mol. The van der Waals surface area contributed by atoms with Crippen LogP contribution in [0, 0.1) is 6.08 Å². The molecule has 0 atom stereocenters. The largest absolute Gasteiger partial charge is 0.318 e. The molecule has 0 aromatic heterocycles. The molecule has 10 heavy (non-hydrogen) atoms. The summed E-state index contributed by atoms with van der Waals surface area (Å²) in [6, 6.07) is 8.27. The number of hydrogen-bond acceptors (Lipinski definition) is 1. The fourth-order valence-corrected chi connectivity index (χ4v) is 1.11. The zero-order valence-electron chi connectivity index (χ0n) is 5.59. The van der Waals surface area contributed by atoms with E-state index in [4.69, 9.17) is 0 Å². The Balaban J connectivity index is 2.47. The lowest BCUT2D eigenvalue weighted by atomic mass is 10.1. The van der Waals surface area contributed by atoms with Crippen LogP contribution in [0.2, 0.25) is 0 Å². The van der Waals surface area contributed by atoms with Gasteiger partial charge in [0, 0.05) is 11.3 Å². The monoisotopic (exact) mass is 130 g/mol. The molecule has 0 radical (unpaired) electrons. The molecule has 1 heteroatoms. The topological polar surface area (TPSA) is 12.0 Å². The van der Waals surface area contributed by atoms with Gasteiger partial charge in [-0.25, -0.2) is 0 Å². The van der Waals surface area contributed by atoms with Crippen molar-refractivity contribution >= 4 is 5.69 Å². The Kier molecular flexibility index (Phi) is 1.16. The Bertz CT molecular complexity index is 236. The summed E-state index contributed by atoms with van der Waals surface area (Å²) in [5, 5.41) is 3.13. The molecule has 0 saturated carbocycles. The van der Waals surface area contributed by atoms with Crippen LogP contribution in [0.1, 0.15) is 5.56 Å². The number of anilines is 1. The van der Waals surface area contributed by atoms with Crippen LogP contribution in [0.15, 0.2) is 30.5 Å². The minimum atomic E-state index is 0.934. The van der Waals surface area contributed by atoms with E-state index in [1.165, 1.54) is 11.3 Å².